The van der Waals surface area contributed by atoms with Gasteiger partial charge in [0.2, 0.25) is 0 Å². The summed E-state index contributed by atoms with van der Waals surface area (Å²) in [5.41, 5.74) is 13.3. The summed E-state index contributed by atoms with van der Waals surface area (Å²) in [5.74, 6) is 5.59. The first-order chi connectivity index (χ1) is 67.8. The number of rotatable bonds is 9. The first kappa shape index (κ1) is 78.2. The van der Waals surface area contributed by atoms with Crippen LogP contribution in [-0.4, -0.2) is 44.9 Å². The molecule has 636 valence electrons. The Morgan fingerprint density at radius 3 is 0.861 bits per heavy atom. The summed E-state index contributed by atoms with van der Waals surface area (Å²) in [6, 6.07) is 154. The van der Waals surface area contributed by atoms with Gasteiger partial charge >= 0.3 is 0 Å². The number of fused-ring (bicyclic) bond motifs is 26. The summed E-state index contributed by atoms with van der Waals surface area (Å²) in [5, 5.41) is 33.0. The van der Waals surface area contributed by atoms with Crippen LogP contribution in [0, 0.1) is 0 Å². The molecule has 0 N–H and O–H groups in total. The first-order valence-corrected chi connectivity index (χ1v) is 45.9. The molecular weight excluding hydrogens is 1680 g/mol. The van der Waals surface area contributed by atoms with Gasteiger partial charge in [-0.2, -0.15) is 0 Å². The molecule has 0 fully saturated rings. The van der Waals surface area contributed by atoms with Gasteiger partial charge in [0.15, 0.2) is 52.4 Å². The Morgan fingerprint density at radius 1 is 0.124 bits per heavy atom. The molecule has 0 aliphatic rings. The average molecular weight is 1750 g/mol. The number of nitrogens with zero attached hydrogens (tertiary/aromatic N) is 9. The number of benzene rings is 23. The minimum atomic E-state index is 0.582. The minimum absolute atomic E-state index is 0.582. The quantitative estimate of drug-likeness (QED) is 0.126. The second kappa shape index (κ2) is 32.1. The zero-order valence-corrected chi connectivity index (χ0v) is 73.4. The Hall–Kier alpha value is -18.7. The van der Waals surface area contributed by atoms with E-state index in [1.165, 1.54) is 91.6 Å². The summed E-state index contributed by atoms with van der Waals surface area (Å²) < 4.78 is 18.7. The van der Waals surface area contributed by atoms with Crippen LogP contribution >= 0.6 is 0 Å². The summed E-state index contributed by atoms with van der Waals surface area (Å²) >= 11 is 0. The van der Waals surface area contributed by atoms with Crippen LogP contribution in [0.5, 0.6) is 0 Å². The van der Waals surface area contributed by atoms with E-state index in [4.69, 9.17) is 58.1 Å². The van der Waals surface area contributed by atoms with Gasteiger partial charge in [-0.1, -0.05) is 364 Å². The van der Waals surface area contributed by atoms with Crippen LogP contribution in [0.4, 0.5) is 0 Å². The fourth-order valence-electron chi connectivity index (χ4n) is 20.2. The Bertz CT molecular complexity index is 10100. The highest BCUT2D eigenvalue weighted by atomic mass is 16.3. The molecule has 0 aliphatic carbocycles. The van der Waals surface area contributed by atoms with Crippen LogP contribution in [0.15, 0.2) is 456 Å². The molecule has 137 heavy (non-hydrogen) atoms. The second-order valence-electron chi connectivity index (χ2n) is 34.9. The molecule has 29 aromatic rings. The van der Waals surface area contributed by atoms with Gasteiger partial charge in [0.1, 0.15) is 33.5 Å². The summed E-state index contributed by atoms with van der Waals surface area (Å²) in [6.45, 7) is 0. The molecule has 23 aromatic carbocycles. The van der Waals surface area contributed by atoms with Crippen molar-refractivity contribution in [2.75, 3.05) is 0 Å². The van der Waals surface area contributed by atoms with Crippen molar-refractivity contribution in [2.45, 2.75) is 0 Å². The molecule has 0 amide bonds. The zero-order chi connectivity index (χ0) is 90.1. The molecule has 12 nitrogen and oxygen atoms in total. The Morgan fingerprint density at radius 2 is 0.394 bits per heavy atom. The molecule has 0 radical (unpaired) electrons. The average Bonchev–Trinajstić information content (AvgIpc) is 1.66. The molecule has 12 heteroatoms. The molecule has 0 saturated carbocycles. The van der Waals surface area contributed by atoms with Crippen molar-refractivity contribution in [3.8, 4) is 102 Å². The van der Waals surface area contributed by atoms with E-state index < -0.39 is 0 Å². The van der Waals surface area contributed by atoms with Crippen molar-refractivity contribution in [3.63, 3.8) is 0 Å². The standard InChI is InChI=1S/2C43H25N3O.C39H23N3O/c1-2-10-28-24-30(17-16-26(28)8-1)41-44-42(46-43(45-41)37-13-7-15-39-40(37)36-12-5-6-14-38(36)47-39)31-20-21-33-29(25-31)19-23-34-32-11-4-3-9-27(32)18-22-35(33)34;1-2-9-28-23-30(14-13-26(28)7-1)41-44-42(46-43(45-41)32-18-22-40-38(25-32)37-11-5-6-12-39(37)47-40)31-17-19-34-29(24-31)16-21-35-33-10-4-3-8-27(33)15-20-36(34)35;1-2-10-25(11-3-1)37-40-38(42-39(41-37)34-15-8-14-33-32-13-6-7-16-35(32)43-36(33)34)27-19-20-29-26(23-27)18-22-30-28-12-5-4-9-24(28)17-21-31(29)30/h2*1-25H;1-23H. The largest absolute Gasteiger partial charge is 0.456 e. The van der Waals surface area contributed by atoms with Crippen molar-refractivity contribution < 1.29 is 13.3 Å². The van der Waals surface area contributed by atoms with E-state index in [9.17, 15) is 0 Å². The lowest BCUT2D eigenvalue weighted by Gasteiger charge is -2.11. The van der Waals surface area contributed by atoms with Gasteiger partial charge in [-0.15, -0.1) is 0 Å². The maximum absolute atomic E-state index is 6.36. The van der Waals surface area contributed by atoms with E-state index >= 15 is 0 Å². The minimum Gasteiger partial charge on any atom is -0.456 e. The van der Waals surface area contributed by atoms with Crippen LogP contribution in [0.2, 0.25) is 0 Å². The van der Waals surface area contributed by atoms with Gasteiger partial charge in [-0.05, 0) is 197 Å². The molecule has 0 aliphatic heterocycles. The third-order valence-electron chi connectivity index (χ3n) is 26.9. The number of aromatic nitrogens is 9. The van der Waals surface area contributed by atoms with E-state index in [2.05, 4.69) is 322 Å². The van der Waals surface area contributed by atoms with Crippen LogP contribution < -0.4 is 0 Å². The van der Waals surface area contributed by atoms with E-state index in [1.807, 2.05) is 121 Å². The van der Waals surface area contributed by atoms with Gasteiger partial charge in [-0.25, -0.2) is 44.9 Å². The Labute approximate surface area is 782 Å². The molecule has 6 aromatic heterocycles. The van der Waals surface area contributed by atoms with E-state index in [-0.39, 0.29) is 0 Å². The monoisotopic (exact) mass is 1750 g/mol. The Balaban J connectivity index is 0.000000104. The first-order valence-electron chi connectivity index (χ1n) is 45.9. The van der Waals surface area contributed by atoms with Gasteiger partial charge in [0.05, 0.1) is 5.56 Å². The van der Waals surface area contributed by atoms with Crippen molar-refractivity contribution >= 4 is 184 Å². The van der Waals surface area contributed by atoms with Gasteiger partial charge in [-0.3, -0.25) is 0 Å². The predicted molar refractivity (Wildman–Crippen MR) is 563 cm³/mol. The molecule has 6 heterocycles. The molecule has 29 rings (SSSR count). The van der Waals surface area contributed by atoms with E-state index in [0.29, 0.717) is 52.4 Å². The van der Waals surface area contributed by atoms with Crippen LogP contribution in [0.3, 0.4) is 0 Å². The maximum atomic E-state index is 6.36. The van der Waals surface area contributed by atoms with Gasteiger partial charge in [0.25, 0.3) is 0 Å². The predicted octanol–water partition coefficient (Wildman–Crippen LogP) is 33.0. The highest BCUT2D eigenvalue weighted by Crippen LogP contribution is 2.44. The number of para-hydroxylation sites is 4. The summed E-state index contributed by atoms with van der Waals surface area (Å²) in [7, 11) is 0. The molecule has 0 saturated heterocycles. The maximum Gasteiger partial charge on any atom is 0.167 e. The lowest BCUT2D eigenvalue weighted by Crippen LogP contribution is -2.00. The van der Waals surface area contributed by atoms with E-state index in [0.717, 1.165) is 143 Å². The number of furan rings is 3. The highest BCUT2D eigenvalue weighted by molar-refractivity contribution is 6.21. The van der Waals surface area contributed by atoms with E-state index in [1.54, 1.807) is 0 Å². The van der Waals surface area contributed by atoms with Crippen molar-refractivity contribution in [1.82, 2.24) is 44.9 Å². The van der Waals surface area contributed by atoms with Crippen LogP contribution in [0.1, 0.15) is 0 Å². The van der Waals surface area contributed by atoms with Crippen molar-refractivity contribution in [1.29, 1.82) is 0 Å². The topological polar surface area (TPSA) is 155 Å². The lowest BCUT2D eigenvalue weighted by atomic mass is 9.96. The molecular formula is C125H73N9O3. The summed E-state index contributed by atoms with van der Waals surface area (Å²) in [4.78, 5) is 45.6. The van der Waals surface area contributed by atoms with Crippen molar-refractivity contribution in [3.05, 3.63) is 443 Å². The van der Waals surface area contributed by atoms with Crippen LogP contribution in [0.25, 0.3) is 287 Å². The number of hydrogen-bond acceptors (Lipinski definition) is 12. The third-order valence-corrected chi connectivity index (χ3v) is 26.9. The molecule has 0 atom stereocenters. The number of hydrogen-bond donors (Lipinski definition) is 0. The molecule has 0 spiro atoms. The molecule has 0 bridgehead atoms. The fraction of sp³-hybridized carbons (Fsp3) is 0. The zero-order valence-electron chi connectivity index (χ0n) is 73.4. The van der Waals surface area contributed by atoms with Crippen LogP contribution in [-0.2, 0) is 0 Å². The normalized spacial score (nSPS) is 11.8. The van der Waals surface area contributed by atoms with Crippen molar-refractivity contribution in [2.24, 2.45) is 0 Å². The van der Waals surface area contributed by atoms with Gasteiger partial charge < -0.3 is 13.3 Å². The summed E-state index contributed by atoms with van der Waals surface area (Å²) in [6.07, 6.45) is 0. The highest BCUT2D eigenvalue weighted by Gasteiger charge is 2.24. The fourth-order valence-corrected chi connectivity index (χ4v) is 20.2. The second-order valence-corrected chi connectivity index (χ2v) is 34.9. The molecule has 0 unspecified atom stereocenters. The smallest absolute Gasteiger partial charge is 0.167 e. The SMILES string of the molecule is c1ccc(-c2nc(-c3ccc4c(ccc5c6ccccc6ccc45)c3)nc(-c3cccc4c3oc3ccccc34)n2)cc1.c1ccc2cc(-c3nc(-c4ccc5c(ccc6c7ccccc7ccc56)c4)nc(-c4ccc5oc6ccccc6c5c4)n3)ccc2c1.c1ccc2cc(-c3nc(-c4ccc5c(ccc6c7ccccc7ccc56)c4)nc(-c4cccc5oc6ccccc6c45)n3)ccc2c1. The third kappa shape index (κ3) is 13.7. The Kier molecular flexibility index (Phi) is 18.3. The van der Waals surface area contributed by atoms with Gasteiger partial charge in [0, 0.05) is 76.8 Å². The lowest BCUT2D eigenvalue weighted by molar-refractivity contribution is 0.668.